The summed E-state index contributed by atoms with van der Waals surface area (Å²) >= 11 is 0. The number of fused-ring (bicyclic) bond motifs is 1. The fourth-order valence-electron chi connectivity index (χ4n) is 3.27. The van der Waals surface area contributed by atoms with Crippen LogP contribution in [0.25, 0.3) is 5.65 Å². The Balaban J connectivity index is 1.57. The molecule has 1 fully saturated rings. The van der Waals surface area contributed by atoms with Crippen LogP contribution in [0.15, 0.2) is 24.5 Å². The quantitative estimate of drug-likeness (QED) is 0.884. The van der Waals surface area contributed by atoms with Gasteiger partial charge in [-0.15, -0.1) is 0 Å². The minimum Gasteiger partial charge on any atom is -0.351 e. The third-order valence-electron chi connectivity index (χ3n) is 4.63. The Hall–Kier alpha value is -2.37. The Morgan fingerprint density at radius 3 is 3.00 bits per heavy atom. The summed E-state index contributed by atoms with van der Waals surface area (Å²) in [4.78, 5) is 30.5. The van der Waals surface area contributed by atoms with Gasteiger partial charge in [0.2, 0.25) is 5.91 Å². The zero-order valence-electron chi connectivity index (χ0n) is 14.3. The summed E-state index contributed by atoms with van der Waals surface area (Å²) in [5, 5.41) is 2.92. The summed E-state index contributed by atoms with van der Waals surface area (Å²) in [6, 6.07) is 4.14. The second-order valence-electron chi connectivity index (χ2n) is 6.39. The van der Waals surface area contributed by atoms with E-state index in [2.05, 4.69) is 17.2 Å². The van der Waals surface area contributed by atoms with Gasteiger partial charge < -0.3 is 14.6 Å². The van der Waals surface area contributed by atoms with Crippen LogP contribution in [-0.2, 0) is 4.79 Å². The van der Waals surface area contributed by atoms with Crippen LogP contribution in [-0.4, -0.2) is 45.2 Å². The fraction of sp³-hybridized carbons (Fsp3) is 0.500. The van der Waals surface area contributed by atoms with Crippen molar-refractivity contribution in [1.29, 1.82) is 0 Å². The van der Waals surface area contributed by atoms with Gasteiger partial charge in [0, 0.05) is 37.9 Å². The molecule has 2 aromatic rings. The molecule has 0 radical (unpaired) electrons. The summed E-state index contributed by atoms with van der Waals surface area (Å²) in [5.41, 5.74) is 2.31. The van der Waals surface area contributed by atoms with Crippen molar-refractivity contribution < 1.29 is 9.59 Å². The number of likely N-dealkylation sites (tertiary alicyclic amines) is 1. The summed E-state index contributed by atoms with van der Waals surface area (Å²) in [6.07, 6.45) is 6.94. The second kappa shape index (κ2) is 7.03. The fourth-order valence-corrected chi connectivity index (χ4v) is 3.27. The number of hydrogen-bond donors (Lipinski definition) is 1. The molecule has 0 aliphatic carbocycles. The van der Waals surface area contributed by atoms with Gasteiger partial charge in [0.25, 0.3) is 5.91 Å². The third-order valence-corrected chi connectivity index (χ3v) is 4.63. The number of nitrogens with one attached hydrogen (secondary N) is 1. The van der Waals surface area contributed by atoms with E-state index in [1.54, 1.807) is 6.20 Å². The van der Waals surface area contributed by atoms with Crippen molar-refractivity contribution in [2.24, 2.45) is 0 Å². The maximum atomic E-state index is 12.3. The number of carbonyl (C=O) groups excluding carboxylic acids is 2. The smallest absolute Gasteiger partial charge is 0.271 e. The van der Waals surface area contributed by atoms with Gasteiger partial charge in [-0.25, -0.2) is 4.98 Å². The van der Waals surface area contributed by atoms with E-state index in [9.17, 15) is 9.59 Å². The lowest BCUT2D eigenvalue weighted by atomic mass is 10.1. The van der Waals surface area contributed by atoms with E-state index in [-0.39, 0.29) is 17.9 Å². The highest BCUT2D eigenvalue weighted by Gasteiger charge is 2.26. The van der Waals surface area contributed by atoms with Crippen LogP contribution in [0, 0.1) is 6.92 Å². The Morgan fingerprint density at radius 1 is 1.46 bits per heavy atom. The van der Waals surface area contributed by atoms with E-state index in [1.165, 1.54) is 0 Å². The molecule has 3 heterocycles. The van der Waals surface area contributed by atoms with Crippen molar-refractivity contribution in [3.05, 3.63) is 35.8 Å². The molecule has 24 heavy (non-hydrogen) atoms. The predicted octanol–water partition coefficient (Wildman–Crippen LogP) is 2.16. The lowest BCUT2D eigenvalue weighted by Gasteiger charge is -2.26. The van der Waals surface area contributed by atoms with E-state index in [4.69, 9.17) is 0 Å². The number of rotatable bonds is 6. The maximum absolute atomic E-state index is 12.3. The Bertz CT molecular complexity index is 753. The minimum atomic E-state index is -0.168. The van der Waals surface area contributed by atoms with Crippen molar-refractivity contribution in [3.63, 3.8) is 0 Å². The van der Waals surface area contributed by atoms with Gasteiger partial charge in [-0.05, 0) is 43.9 Å². The highest BCUT2D eigenvalue weighted by Crippen LogP contribution is 2.17. The SMILES string of the molecule is CC[C@H](CCNC(=O)c1cn2ccc(C)cc2n1)N1CCCC1=O. The molecule has 1 N–H and O–H groups in total. The van der Waals surface area contributed by atoms with E-state index in [1.807, 2.05) is 34.6 Å². The average Bonchev–Trinajstić information content (AvgIpc) is 3.17. The number of amides is 2. The molecule has 2 amide bonds. The van der Waals surface area contributed by atoms with Crippen LogP contribution < -0.4 is 5.32 Å². The molecule has 2 aromatic heterocycles. The number of nitrogens with zero attached hydrogens (tertiary/aromatic N) is 3. The zero-order chi connectivity index (χ0) is 17.1. The molecular weight excluding hydrogens is 304 g/mol. The molecular formula is C18H24N4O2. The maximum Gasteiger partial charge on any atom is 0.271 e. The van der Waals surface area contributed by atoms with E-state index < -0.39 is 0 Å². The van der Waals surface area contributed by atoms with Crippen molar-refractivity contribution in [3.8, 4) is 0 Å². The van der Waals surface area contributed by atoms with Gasteiger partial charge >= 0.3 is 0 Å². The van der Waals surface area contributed by atoms with E-state index >= 15 is 0 Å². The predicted molar refractivity (Wildman–Crippen MR) is 91.9 cm³/mol. The molecule has 1 aliphatic rings. The topological polar surface area (TPSA) is 66.7 Å². The first kappa shape index (κ1) is 16.5. The summed E-state index contributed by atoms with van der Waals surface area (Å²) < 4.78 is 1.85. The summed E-state index contributed by atoms with van der Waals surface area (Å²) in [6.45, 7) is 5.48. The molecule has 1 aliphatic heterocycles. The number of aromatic nitrogens is 2. The van der Waals surface area contributed by atoms with Crippen LogP contribution in [0.2, 0.25) is 0 Å². The molecule has 128 valence electrons. The van der Waals surface area contributed by atoms with Crippen LogP contribution in [0.4, 0.5) is 0 Å². The largest absolute Gasteiger partial charge is 0.351 e. The lowest BCUT2D eigenvalue weighted by Crippen LogP contribution is -2.38. The zero-order valence-corrected chi connectivity index (χ0v) is 14.3. The van der Waals surface area contributed by atoms with Crippen molar-refractivity contribution >= 4 is 17.5 Å². The van der Waals surface area contributed by atoms with Gasteiger partial charge in [-0.3, -0.25) is 9.59 Å². The van der Waals surface area contributed by atoms with Crippen LogP contribution in [0.3, 0.4) is 0 Å². The van der Waals surface area contributed by atoms with Gasteiger partial charge in [-0.2, -0.15) is 0 Å². The highest BCUT2D eigenvalue weighted by atomic mass is 16.2. The minimum absolute atomic E-state index is 0.168. The number of pyridine rings is 1. The van der Waals surface area contributed by atoms with Gasteiger partial charge in [0.05, 0.1) is 0 Å². The Kier molecular flexibility index (Phi) is 4.83. The Morgan fingerprint density at radius 2 is 2.29 bits per heavy atom. The molecule has 3 rings (SSSR count). The van der Waals surface area contributed by atoms with E-state index in [0.29, 0.717) is 18.7 Å². The monoisotopic (exact) mass is 328 g/mol. The van der Waals surface area contributed by atoms with Crippen molar-refractivity contribution in [2.75, 3.05) is 13.1 Å². The molecule has 0 bridgehead atoms. The number of hydrogen-bond acceptors (Lipinski definition) is 3. The summed E-state index contributed by atoms with van der Waals surface area (Å²) in [7, 11) is 0. The average molecular weight is 328 g/mol. The molecule has 0 unspecified atom stereocenters. The second-order valence-corrected chi connectivity index (χ2v) is 6.39. The number of imidazole rings is 1. The normalized spacial score (nSPS) is 15.9. The lowest BCUT2D eigenvalue weighted by molar-refractivity contribution is -0.129. The van der Waals surface area contributed by atoms with E-state index in [0.717, 1.165) is 37.0 Å². The van der Waals surface area contributed by atoms with Crippen molar-refractivity contribution in [2.45, 2.75) is 45.6 Å². The molecule has 6 nitrogen and oxygen atoms in total. The standard InChI is InChI=1S/C18H24N4O2/c1-3-14(22-9-4-5-17(22)23)6-8-19-18(24)15-12-21-10-7-13(2)11-16(21)20-15/h7,10-12,14H,3-6,8-9H2,1-2H3,(H,19,24)/t14-/m1/s1. The first-order chi connectivity index (χ1) is 11.6. The Labute approximate surface area is 141 Å². The molecule has 1 saturated heterocycles. The van der Waals surface area contributed by atoms with Crippen LogP contribution >= 0.6 is 0 Å². The van der Waals surface area contributed by atoms with Gasteiger partial charge in [0.15, 0.2) is 0 Å². The molecule has 0 spiro atoms. The summed E-state index contributed by atoms with van der Waals surface area (Å²) in [5.74, 6) is 0.0721. The highest BCUT2D eigenvalue weighted by molar-refractivity contribution is 5.92. The van der Waals surface area contributed by atoms with Crippen molar-refractivity contribution in [1.82, 2.24) is 19.6 Å². The van der Waals surface area contributed by atoms with Gasteiger partial charge in [0.1, 0.15) is 11.3 Å². The first-order valence-electron chi connectivity index (χ1n) is 8.61. The molecule has 6 heteroatoms. The van der Waals surface area contributed by atoms with Gasteiger partial charge in [-0.1, -0.05) is 6.92 Å². The number of aryl methyl sites for hydroxylation is 1. The molecule has 0 aromatic carbocycles. The first-order valence-corrected chi connectivity index (χ1v) is 8.61. The third kappa shape index (κ3) is 3.42. The number of carbonyl (C=O) groups is 2. The van der Waals surface area contributed by atoms with Crippen LogP contribution in [0.5, 0.6) is 0 Å². The molecule has 0 saturated carbocycles. The molecule has 1 atom stereocenters. The van der Waals surface area contributed by atoms with Crippen LogP contribution in [0.1, 0.15) is 48.7 Å².